The lowest BCUT2D eigenvalue weighted by molar-refractivity contribution is 0.191. The van der Waals surface area contributed by atoms with Crippen LogP contribution in [-0.2, 0) is 0 Å². The van der Waals surface area contributed by atoms with Gasteiger partial charge in [-0.3, -0.25) is 4.98 Å². The van der Waals surface area contributed by atoms with Crippen molar-refractivity contribution < 1.29 is 9.63 Å². The number of hydrogen-bond donors (Lipinski definition) is 2. The monoisotopic (exact) mass is 246 g/mol. The van der Waals surface area contributed by atoms with Gasteiger partial charge in [0.05, 0.1) is 12.1 Å². The maximum absolute atomic E-state index is 9.46. The first-order valence-electron chi connectivity index (χ1n) is 5.90. The van der Waals surface area contributed by atoms with Gasteiger partial charge in [0, 0.05) is 12.7 Å². The van der Waals surface area contributed by atoms with Crippen molar-refractivity contribution in [1.82, 2.24) is 20.4 Å². The Morgan fingerprint density at radius 3 is 3.11 bits per heavy atom. The summed E-state index contributed by atoms with van der Waals surface area (Å²) in [4.78, 5) is 8.53. The number of aliphatic hydroxyl groups is 1. The number of nitrogens with one attached hydrogen (secondary N) is 1. The minimum atomic E-state index is -0.345. The molecule has 2 aromatic rings. The molecule has 0 radical (unpaired) electrons. The maximum atomic E-state index is 9.46. The van der Waals surface area contributed by atoms with Crippen LogP contribution in [-0.4, -0.2) is 32.9 Å². The second-order valence-electron chi connectivity index (χ2n) is 4.53. The fourth-order valence-electron chi connectivity index (χ4n) is 2.04. The molecule has 6 heteroatoms. The number of nitrogens with zero attached hydrogens (tertiary/aromatic N) is 3. The van der Waals surface area contributed by atoms with Crippen molar-refractivity contribution in [3.8, 4) is 11.5 Å². The highest BCUT2D eigenvalue weighted by molar-refractivity contribution is 5.49. The third-order valence-corrected chi connectivity index (χ3v) is 2.99. The largest absolute Gasteiger partial charge is 0.392 e. The summed E-state index contributed by atoms with van der Waals surface area (Å²) in [5.74, 6) is 0.988. The van der Waals surface area contributed by atoms with Gasteiger partial charge >= 0.3 is 0 Å². The molecular formula is C12H14N4O2. The van der Waals surface area contributed by atoms with Gasteiger partial charge in [-0.15, -0.1) is 0 Å². The molecule has 2 N–H and O–H groups in total. The Balaban J connectivity index is 1.85. The lowest BCUT2D eigenvalue weighted by Crippen LogP contribution is -2.15. The zero-order valence-electron chi connectivity index (χ0n) is 10.00. The molecule has 1 aliphatic rings. The topological polar surface area (TPSA) is 84.1 Å². The van der Waals surface area contributed by atoms with Crippen LogP contribution in [0.25, 0.3) is 11.5 Å². The number of β-amino-alcohol motifs (C(OH)–C–C–N with tert-alkyl or cyclic N) is 1. The van der Waals surface area contributed by atoms with Gasteiger partial charge in [0.1, 0.15) is 5.69 Å². The summed E-state index contributed by atoms with van der Waals surface area (Å²) in [7, 11) is 0. The zero-order chi connectivity index (χ0) is 12.5. The first kappa shape index (κ1) is 11.3. The van der Waals surface area contributed by atoms with E-state index in [9.17, 15) is 5.11 Å². The lowest BCUT2D eigenvalue weighted by Gasteiger charge is -2.01. The average Bonchev–Trinajstić information content (AvgIpc) is 2.97. The number of aromatic nitrogens is 3. The van der Waals surface area contributed by atoms with E-state index in [0.29, 0.717) is 30.4 Å². The van der Waals surface area contributed by atoms with E-state index in [0.717, 1.165) is 5.56 Å². The van der Waals surface area contributed by atoms with Crippen molar-refractivity contribution in [2.75, 3.05) is 6.54 Å². The summed E-state index contributed by atoms with van der Waals surface area (Å²) in [6.45, 7) is 2.55. The molecule has 1 aliphatic heterocycles. The Hall–Kier alpha value is -1.79. The van der Waals surface area contributed by atoms with E-state index < -0.39 is 0 Å². The van der Waals surface area contributed by atoms with Crippen LogP contribution < -0.4 is 5.32 Å². The maximum Gasteiger partial charge on any atom is 0.244 e. The summed E-state index contributed by atoms with van der Waals surface area (Å²) in [5.41, 5.74) is 1.80. The smallest absolute Gasteiger partial charge is 0.244 e. The number of aliphatic hydroxyl groups excluding tert-OH is 1. The normalized spacial score (nSPS) is 23.4. The van der Waals surface area contributed by atoms with Crippen LogP contribution in [0.5, 0.6) is 0 Å². The third-order valence-electron chi connectivity index (χ3n) is 2.99. The fourth-order valence-corrected chi connectivity index (χ4v) is 2.04. The zero-order valence-corrected chi connectivity index (χ0v) is 10.00. The van der Waals surface area contributed by atoms with Crippen molar-refractivity contribution in [3.05, 3.63) is 29.8 Å². The summed E-state index contributed by atoms with van der Waals surface area (Å²) < 4.78 is 5.22. The fraction of sp³-hybridized carbons (Fsp3) is 0.417. The molecule has 0 aromatic carbocycles. The Morgan fingerprint density at radius 1 is 1.50 bits per heavy atom. The lowest BCUT2D eigenvalue weighted by atomic mass is 10.2. The van der Waals surface area contributed by atoms with Gasteiger partial charge in [-0.1, -0.05) is 5.16 Å². The molecule has 0 bridgehead atoms. The quantitative estimate of drug-likeness (QED) is 0.816. The van der Waals surface area contributed by atoms with E-state index in [1.165, 1.54) is 0 Å². The molecule has 0 amide bonds. The molecule has 6 nitrogen and oxygen atoms in total. The molecule has 2 aromatic heterocycles. The van der Waals surface area contributed by atoms with Crippen molar-refractivity contribution in [3.63, 3.8) is 0 Å². The van der Waals surface area contributed by atoms with E-state index >= 15 is 0 Å². The Labute approximate surface area is 104 Å². The van der Waals surface area contributed by atoms with Gasteiger partial charge in [-0.2, -0.15) is 4.98 Å². The third kappa shape index (κ3) is 2.12. The van der Waals surface area contributed by atoms with Crippen molar-refractivity contribution in [1.29, 1.82) is 0 Å². The van der Waals surface area contributed by atoms with Gasteiger partial charge in [-0.25, -0.2) is 0 Å². The van der Waals surface area contributed by atoms with E-state index in [1.54, 1.807) is 6.20 Å². The van der Waals surface area contributed by atoms with E-state index in [4.69, 9.17) is 4.52 Å². The second kappa shape index (κ2) is 4.47. The van der Waals surface area contributed by atoms with Crippen molar-refractivity contribution in [2.45, 2.75) is 25.5 Å². The minimum absolute atomic E-state index is 0.0638. The summed E-state index contributed by atoms with van der Waals surface area (Å²) >= 11 is 0. The molecule has 0 spiro atoms. The van der Waals surface area contributed by atoms with Crippen LogP contribution in [0.15, 0.2) is 22.9 Å². The highest BCUT2D eigenvalue weighted by Crippen LogP contribution is 2.24. The molecule has 2 atom stereocenters. The van der Waals surface area contributed by atoms with Crippen LogP contribution >= 0.6 is 0 Å². The molecule has 0 saturated carbocycles. The summed E-state index contributed by atoms with van der Waals surface area (Å²) in [5, 5.41) is 16.5. The standard InChI is InChI=1S/C12H14N4O2/c1-7-2-3-13-9(4-7)11-15-12(18-16-11)10-5-8(17)6-14-10/h2-4,8,10,14,17H,5-6H2,1H3/t8-,10+/m1/s1. The van der Waals surface area contributed by atoms with Gasteiger partial charge in [0.15, 0.2) is 0 Å². The van der Waals surface area contributed by atoms with Crippen LogP contribution in [0.2, 0.25) is 0 Å². The number of hydrogen-bond acceptors (Lipinski definition) is 6. The average molecular weight is 246 g/mol. The molecule has 0 unspecified atom stereocenters. The van der Waals surface area contributed by atoms with Crippen LogP contribution in [0, 0.1) is 6.92 Å². The van der Waals surface area contributed by atoms with Crippen molar-refractivity contribution >= 4 is 0 Å². The molecule has 0 aliphatic carbocycles. The Morgan fingerprint density at radius 2 is 2.39 bits per heavy atom. The number of pyridine rings is 1. The number of rotatable bonds is 2. The molecule has 3 rings (SSSR count). The van der Waals surface area contributed by atoms with Gasteiger partial charge < -0.3 is 14.9 Å². The Bertz CT molecular complexity index is 555. The molecule has 1 saturated heterocycles. The van der Waals surface area contributed by atoms with Gasteiger partial charge in [0.25, 0.3) is 0 Å². The van der Waals surface area contributed by atoms with Crippen molar-refractivity contribution in [2.24, 2.45) is 0 Å². The summed E-state index contributed by atoms with van der Waals surface area (Å²) in [6, 6.07) is 3.76. The first-order chi connectivity index (χ1) is 8.72. The molecule has 18 heavy (non-hydrogen) atoms. The van der Waals surface area contributed by atoms with Crippen LogP contribution in [0.4, 0.5) is 0 Å². The minimum Gasteiger partial charge on any atom is -0.392 e. The van der Waals surface area contributed by atoms with Gasteiger partial charge in [0.2, 0.25) is 11.7 Å². The van der Waals surface area contributed by atoms with E-state index in [-0.39, 0.29) is 12.1 Å². The molecule has 3 heterocycles. The predicted molar refractivity (Wildman–Crippen MR) is 63.6 cm³/mol. The highest BCUT2D eigenvalue weighted by atomic mass is 16.5. The van der Waals surface area contributed by atoms with Crippen LogP contribution in [0.1, 0.15) is 23.9 Å². The Kier molecular flexibility index (Phi) is 2.81. The van der Waals surface area contributed by atoms with Crippen LogP contribution in [0.3, 0.4) is 0 Å². The summed E-state index contributed by atoms with van der Waals surface area (Å²) in [6.07, 6.45) is 1.98. The second-order valence-corrected chi connectivity index (χ2v) is 4.53. The molecular weight excluding hydrogens is 232 g/mol. The SMILES string of the molecule is Cc1ccnc(-c2noc([C@@H]3C[C@@H](O)CN3)n2)c1. The first-order valence-corrected chi connectivity index (χ1v) is 5.90. The number of aryl methyl sites for hydroxylation is 1. The molecule has 94 valence electrons. The molecule has 1 fully saturated rings. The van der Waals surface area contributed by atoms with E-state index in [2.05, 4.69) is 20.4 Å². The highest BCUT2D eigenvalue weighted by Gasteiger charge is 2.28. The predicted octanol–water partition coefficient (Wildman–Crippen LogP) is 0.835. The van der Waals surface area contributed by atoms with E-state index in [1.807, 2.05) is 19.1 Å². The van der Waals surface area contributed by atoms with Gasteiger partial charge in [-0.05, 0) is 31.0 Å².